The third-order valence-corrected chi connectivity index (χ3v) is 2.65. The van der Waals surface area contributed by atoms with E-state index in [1.165, 1.54) is 12.0 Å². The summed E-state index contributed by atoms with van der Waals surface area (Å²) in [7, 11) is 1.51. The van der Waals surface area contributed by atoms with Crippen LogP contribution >= 0.6 is 0 Å². The average Bonchev–Trinajstić information content (AvgIpc) is 2.69. The number of nitrogens with zero attached hydrogens (tertiary/aromatic N) is 1. The smallest absolute Gasteiger partial charge is 0.414 e. The highest BCUT2D eigenvalue weighted by molar-refractivity contribution is 5.92. The monoisotopic (exact) mass is 251 g/mol. The van der Waals surface area contributed by atoms with Gasteiger partial charge in [0.05, 0.1) is 25.8 Å². The fourth-order valence-electron chi connectivity index (χ4n) is 1.87. The first-order valence-electron chi connectivity index (χ1n) is 5.44. The van der Waals surface area contributed by atoms with Crippen molar-refractivity contribution in [3.8, 4) is 5.75 Å². The molecule has 1 aromatic carbocycles. The molecule has 18 heavy (non-hydrogen) atoms. The molecule has 1 aromatic rings. The van der Waals surface area contributed by atoms with Gasteiger partial charge in [-0.15, -0.1) is 0 Å². The van der Waals surface area contributed by atoms with Crippen LogP contribution in [0, 0.1) is 0 Å². The minimum Gasteiger partial charge on any atom is -0.495 e. The number of para-hydroxylation sites is 2. The van der Waals surface area contributed by atoms with Gasteiger partial charge >= 0.3 is 12.1 Å². The number of benzene rings is 1. The molecule has 0 aromatic heterocycles. The molecule has 6 heteroatoms. The minimum atomic E-state index is -0.991. The summed E-state index contributed by atoms with van der Waals surface area (Å²) >= 11 is 0. The van der Waals surface area contributed by atoms with Gasteiger partial charge in [0.2, 0.25) is 0 Å². The van der Waals surface area contributed by atoms with Crippen molar-refractivity contribution in [3.63, 3.8) is 0 Å². The molecule has 1 amide bonds. The standard InChI is InChI=1S/C12H13NO5/c1-17-10-5-3-2-4-9(10)13-7-8(6-11(14)15)18-12(13)16/h2-5,8H,6-7H2,1H3,(H,14,15). The summed E-state index contributed by atoms with van der Waals surface area (Å²) in [5.74, 6) is -0.444. The zero-order valence-electron chi connectivity index (χ0n) is 9.83. The van der Waals surface area contributed by atoms with Crippen LogP contribution in [-0.2, 0) is 9.53 Å². The molecule has 6 nitrogen and oxygen atoms in total. The van der Waals surface area contributed by atoms with E-state index in [0.717, 1.165) is 0 Å². The Morgan fingerprint density at radius 2 is 2.28 bits per heavy atom. The van der Waals surface area contributed by atoms with E-state index in [9.17, 15) is 9.59 Å². The van der Waals surface area contributed by atoms with Gasteiger partial charge in [-0.2, -0.15) is 0 Å². The van der Waals surface area contributed by atoms with Gasteiger partial charge in [-0.25, -0.2) is 4.79 Å². The van der Waals surface area contributed by atoms with Crippen LogP contribution in [0.25, 0.3) is 0 Å². The van der Waals surface area contributed by atoms with Crippen molar-refractivity contribution < 1.29 is 24.2 Å². The maximum absolute atomic E-state index is 11.7. The molecule has 0 bridgehead atoms. The highest BCUT2D eigenvalue weighted by Crippen LogP contribution is 2.31. The van der Waals surface area contributed by atoms with Crippen LogP contribution in [0.4, 0.5) is 10.5 Å². The van der Waals surface area contributed by atoms with E-state index in [2.05, 4.69) is 0 Å². The van der Waals surface area contributed by atoms with E-state index in [0.29, 0.717) is 11.4 Å². The Morgan fingerprint density at radius 1 is 1.56 bits per heavy atom. The van der Waals surface area contributed by atoms with Gasteiger partial charge in [0, 0.05) is 0 Å². The lowest BCUT2D eigenvalue weighted by Gasteiger charge is -2.16. The third-order valence-electron chi connectivity index (χ3n) is 2.65. The van der Waals surface area contributed by atoms with Gasteiger partial charge in [0.1, 0.15) is 11.9 Å². The van der Waals surface area contributed by atoms with Crippen LogP contribution in [0.2, 0.25) is 0 Å². The molecule has 0 aliphatic carbocycles. The van der Waals surface area contributed by atoms with Crippen molar-refractivity contribution in [2.75, 3.05) is 18.6 Å². The number of anilines is 1. The lowest BCUT2D eigenvalue weighted by atomic mass is 10.2. The summed E-state index contributed by atoms with van der Waals surface area (Å²) in [6.45, 7) is 0.214. The number of rotatable bonds is 4. The molecule has 1 atom stereocenters. The Hall–Kier alpha value is -2.24. The fourth-order valence-corrected chi connectivity index (χ4v) is 1.87. The molecule has 96 valence electrons. The second-order valence-corrected chi connectivity index (χ2v) is 3.89. The molecule has 1 aliphatic heterocycles. The first kappa shape index (κ1) is 12.2. The maximum Gasteiger partial charge on any atom is 0.414 e. The van der Waals surface area contributed by atoms with Gasteiger partial charge in [0.15, 0.2) is 0 Å². The molecule has 0 radical (unpaired) electrons. The first-order valence-corrected chi connectivity index (χ1v) is 5.44. The molecule has 1 N–H and O–H groups in total. The normalized spacial score (nSPS) is 18.6. The van der Waals surface area contributed by atoms with Crippen LogP contribution in [-0.4, -0.2) is 36.9 Å². The number of hydrogen-bond acceptors (Lipinski definition) is 4. The molecular weight excluding hydrogens is 238 g/mol. The van der Waals surface area contributed by atoms with E-state index >= 15 is 0 Å². The summed E-state index contributed by atoms with van der Waals surface area (Å²) in [6.07, 6.45) is -1.37. The Labute approximate surface area is 104 Å². The average molecular weight is 251 g/mol. The maximum atomic E-state index is 11.7. The second kappa shape index (κ2) is 4.95. The number of aliphatic carboxylic acids is 1. The van der Waals surface area contributed by atoms with Crippen molar-refractivity contribution in [2.24, 2.45) is 0 Å². The van der Waals surface area contributed by atoms with E-state index in [1.54, 1.807) is 24.3 Å². The van der Waals surface area contributed by atoms with Crippen molar-refractivity contribution in [1.29, 1.82) is 0 Å². The number of carbonyl (C=O) groups excluding carboxylic acids is 1. The van der Waals surface area contributed by atoms with Crippen LogP contribution < -0.4 is 9.64 Å². The Balaban J connectivity index is 2.19. The van der Waals surface area contributed by atoms with E-state index in [-0.39, 0.29) is 13.0 Å². The first-order chi connectivity index (χ1) is 8.61. The van der Waals surface area contributed by atoms with Gasteiger partial charge in [-0.3, -0.25) is 9.69 Å². The SMILES string of the molecule is COc1ccccc1N1CC(CC(=O)O)OC1=O. The number of amides is 1. The topological polar surface area (TPSA) is 76.1 Å². The van der Waals surface area contributed by atoms with Crippen molar-refractivity contribution in [3.05, 3.63) is 24.3 Å². The highest BCUT2D eigenvalue weighted by Gasteiger charge is 2.34. The van der Waals surface area contributed by atoms with Gasteiger partial charge in [0.25, 0.3) is 0 Å². The lowest BCUT2D eigenvalue weighted by molar-refractivity contribution is -0.138. The molecule has 1 heterocycles. The minimum absolute atomic E-state index is 0.197. The van der Waals surface area contributed by atoms with E-state index in [4.69, 9.17) is 14.6 Å². The summed E-state index contributed by atoms with van der Waals surface area (Å²) in [5, 5.41) is 8.68. The number of cyclic esters (lactones) is 1. The number of hydrogen-bond donors (Lipinski definition) is 1. The van der Waals surface area contributed by atoms with E-state index < -0.39 is 18.2 Å². The van der Waals surface area contributed by atoms with Gasteiger partial charge in [-0.05, 0) is 12.1 Å². The van der Waals surface area contributed by atoms with Crippen LogP contribution in [0.5, 0.6) is 5.75 Å². The van der Waals surface area contributed by atoms with Crippen molar-refractivity contribution in [2.45, 2.75) is 12.5 Å². The highest BCUT2D eigenvalue weighted by atomic mass is 16.6. The zero-order chi connectivity index (χ0) is 13.1. The molecule has 0 spiro atoms. The number of carboxylic acid groups (broad SMARTS) is 1. The predicted octanol–water partition coefficient (Wildman–Crippen LogP) is 1.50. The Bertz CT molecular complexity index is 473. The molecule has 1 saturated heterocycles. The summed E-state index contributed by atoms with van der Waals surface area (Å²) < 4.78 is 10.1. The molecule has 1 fully saturated rings. The number of ether oxygens (including phenoxy) is 2. The summed E-state index contributed by atoms with van der Waals surface area (Å²) in [4.78, 5) is 23.7. The molecule has 1 aliphatic rings. The predicted molar refractivity (Wildman–Crippen MR) is 62.9 cm³/mol. The molecule has 1 unspecified atom stereocenters. The largest absolute Gasteiger partial charge is 0.495 e. The quantitative estimate of drug-likeness (QED) is 0.877. The Kier molecular flexibility index (Phi) is 3.36. The molecule has 2 rings (SSSR count). The van der Waals surface area contributed by atoms with Gasteiger partial charge < -0.3 is 14.6 Å². The van der Waals surface area contributed by atoms with E-state index in [1.807, 2.05) is 0 Å². The molecular formula is C12H13NO5. The lowest BCUT2D eigenvalue weighted by Crippen LogP contribution is -2.25. The number of methoxy groups -OCH3 is 1. The van der Waals surface area contributed by atoms with Gasteiger partial charge in [-0.1, -0.05) is 12.1 Å². The second-order valence-electron chi connectivity index (χ2n) is 3.89. The Morgan fingerprint density at radius 3 is 2.94 bits per heavy atom. The molecule has 0 saturated carbocycles. The van der Waals surface area contributed by atoms with Crippen molar-refractivity contribution in [1.82, 2.24) is 0 Å². The van der Waals surface area contributed by atoms with Crippen molar-refractivity contribution >= 4 is 17.7 Å². The van der Waals surface area contributed by atoms with Crippen LogP contribution in [0.3, 0.4) is 0 Å². The van der Waals surface area contributed by atoms with Crippen LogP contribution in [0.1, 0.15) is 6.42 Å². The third kappa shape index (κ3) is 2.37. The zero-order valence-corrected chi connectivity index (χ0v) is 9.83. The number of carboxylic acids is 1. The summed E-state index contributed by atoms with van der Waals surface area (Å²) in [6, 6.07) is 7.02. The summed E-state index contributed by atoms with van der Waals surface area (Å²) in [5.41, 5.74) is 0.581. The fraction of sp³-hybridized carbons (Fsp3) is 0.333. The van der Waals surface area contributed by atoms with Crippen LogP contribution in [0.15, 0.2) is 24.3 Å². The number of carbonyl (C=O) groups is 2.